The topological polar surface area (TPSA) is 15.3 Å². The van der Waals surface area contributed by atoms with Gasteiger partial charge in [-0.3, -0.25) is 4.90 Å². The molecule has 0 unspecified atom stereocenters. The molecule has 1 aliphatic rings. The van der Waals surface area contributed by atoms with Gasteiger partial charge in [-0.2, -0.15) is 0 Å². The van der Waals surface area contributed by atoms with Crippen LogP contribution in [0.2, 0.25) is 5.02 Å². The van der Waals surface area contributed by atoms with E-state index in [1.54, 1.807) is 0 Å². The number of piperazine rings is 1. The molecule has 4 heteroatoms. The second-order valence-corrected chi connectivity index (χ2v) is 6.56. The van der Waals surface area contributed by atoms with E-state index < -0.39 is 0 Å². The van der Waals surface area contributed by atoms with Gasteiger partial charge in [-0.05, 0) is 35.6 Å². The van der Waals surface area contributed by atoms with Gasteiger partial charge < -0.3 is 5.32 Å². The van der Waals surface area contributed by atoms with Crippen LogP contribution < -0.4 is 5.32 Å². The summed E-state index contributed by atoms with van der Waals surface area (Å²) in [5.74, 6) is 0. The summed E-state index contributed by atoms with van der Waals surface area (Å²) in [5, 5.41) is 6.45. The van der Waals surface area contributed by atoms with Crippen molar-refractivity contribution in [1.29, 1.82) is 0 Å². The molecule has 0 bridgehead atoms. The minimum absolute atomic E-state index is 0.283. The maximum absolute atomic E-state index is 6.52. The smallest absolute Gasteiger partial charge is 0.0714 e. The summed E-state index contributed by atoms with van der Waals surface area (Å²) in [6, 6.07) is 10.8. The molecular formula is C16H19ClN2S. The average molecular weight is 307 g/mol. The molecule has 2 heterocycles. The number of rotatable bonds is 3. The first kappa shape index (κ1) is 14.1. The SMILES string of the molecule is Cc1cccc(Cl)c1[C@H](c1cccs1)N1CCNCC1. The van der Waals surface area contributed by atoms with Crippen molar-refractivity contribution in [3.05, 3.63) is 56.7 Å². The predicted molar refractivity (Wildman–Crippen MR) is 86.8 cm³/mol. The number of hydrogen-bond acceptors (Lipinski definition) is 3. The number of thiophene rings is 1. The first-order valence-electron chi connectivity index (χ1n) is 7.00. The molecule has 2 nitrogen and oxygen atoms in total. The Morgan fingerprint density at radius 1 is 1.20 bits per heavy atom. The molecule has 3 rings (SSSR count). The van der Waals surface area contributed by atoms with Crippen LogP contribution in [0.1, 0.15) is 22.0 Å². The van der Waals surface area contributed by atoms with Crippen molar-refractivity contribution in [1.82, 2.24) is 10.2 Å². The zero-order chi connectivity index (χ0) is 13.9. The van der Waals surface area contributed by atoms with Gasteiger partial charge in [0.05, 0.1) is 6.04 Å². The van der Waals surface area contributed by atoms with Crippen molar-refractivity contribution in [2.75, 3.05) is 26.2 Å². The van der Waals surface area contributed by atoms with Crippen molar-refractivity contribution < 1.29 is 0 Å². The van der Waals surface area contributed by atoms with Crippen molar-refractivity contribution >= 4 is 22.9 Å². The minimum Gasteiger partial charge on any atom is -0.314 e. The van der Waals surface area contributed by atoms with Crippen LogP contribution >= 0.6 is 22.9 Å². The normalized spacial score (nSPS) is 18.1. The minimum atomic E-state index is 0.283. The molecule has 0 aliphatic carbocycles. The van der Waals surface area contributed by atoms with E-state index in [2.05, 4.69) is 40.7 Å². The monoisotopic (exact) mass is 306 g/mol. The van der Waals surface area contributed by atoms with E-state index in [0.29, 0.717) is 0 Å². The summed E-state index contributed by atoms with van der Waals surface area (Å²) < 4.78 is 0. The van der Waals surface area contributed by atoms with Crippen molar-refractivity contribution in [3.63, 3.8) is 0 Å². The number of nitrogens with one attached hydrogen (secondary N) is 1. The lowest BCUT2D eigenvalue weighted by atomic mass is 9.98. The maximum atomic E-state index is 6.52. The van der Waals surface area contributed by atoms with E-state index in [0.717, 1.165) is 31.2 Å². The first-order valence-corrected chi connectivity index (χ1v) is 8.26. The third-order valence-corrected chi connectivity index (χ3v) is 5.13. The number of halogens is 1. The molecule has 0 saturated carbocycles. The zero-order valence-electron chi connectivity index (χ0n) is 11.6. The zero-order valence-corrected chi connectivity index (χ0v) is 13.2. The summed E-state index contributed by atoms with van der Waals surface area (Å²) in [5.41, 5.74) is 2.54. The third-order valence-electron chi connectivity index (χ3n) is 3.87. The number of benzene rings is 1. The van der Waals surface area contributed by atoms with Gasteiger partial charge in [0.1, 0.15) is 0 Å². The van der Waals surface area contributed by atoms with Crippen LogP contribution in [0.5, 0.6) is 0 Å². The summed E-state index contributed by atoms with van der Waals surface area (Å²) in [6.07, 6.45) is 0. The predicted octanol–water partition coefficient (Wildman–Crippen LogP) is 3.70. The van der Waals surface area contributed by atoms with E-state index >= 15 is 0 Å². The fourth-order valence-electron chi connectivity index (χ4n) is 2.88. The fourth-order valence-corrected chi connectivity index (χ4v) is 4.08. The highest BCUT2D eigenvalue weighted by atomic mass is 35.5. The molecule has 20 heavy (non-hydrogen) atoms. The Morgan fingerprint density at radius 3 is 2.65 bits per heavy atom. The molecule has 1 aromatic heterocycles. The Hall–Kier alpha value is -0.870. The molecule has 1 aliphatic heterocycles. The van der Waals surface area contributed by atoms with Crippen molar-refractivity contribution in [2.45, 2.75) is 13.0 Å². The number of hydrogen-bond donors (Lipinski definition) is 1. The summed E-state index contributed by atoms with van der Waals surface area (Å²) in [6.45, 7) is 6.38. The van der Waals surface area contributed by atoms with E-state index in [1.807, 2.05) is 23.5 Å². The highest BCUT2D eigenvalue weighted by Crippen LogP contribution is 2.37. The molecule has 0 radical (unpaired) electrons. The summed E-state index contributed by atoms with van der Waals surface area (Å²) >= 11 is 8.34. The molecule has 1 fully saturated rings. The second-order valence-electron chi connectivity index (χ2n) is 5.17. The van der Waals surface area contributed by atoms with E-state index in [4.69, 9.17) is 11.6 Å². The van der Waals surface area contributed by atoms with Gasteiger partial charge in [0, 0.05) is 36.1 Å². The Bertz CT molecular complexity index is 542. The quantitative estimate of drug-likeness (QED) is 0.930. The Labute approximate surface area is 129 Å². The first-order chi connectivity index (χ1) is 9.77. The standard InChI is InChI=1S/C16H19ClN2S/c1-12-4-2-5-13(17)15(12)16(14-6-3-11-20-14)19-9-7-18-8-10-19/h2-6,11,16,18H,7-10H2,1H3/t16-/m0/s1. The van der Waals surface area contributed by atoms with Gasteiger partial charge in [-0.15, -0.1) is 11.3 Å². The van der Waals surface area contributed by atoms with Gasteiger partial charge in [-0.1, -0.05) is 29.8 Å². The lowest BCUT2D eigenvalue weighted by Crippen LogP contribution is -2.45. The molecule has 0 spiro atoms. The molecule has 0 amide bonds. The molecule has 1 N–H and O–H groups in total. The van der Waals surface area contributed by atoms with Gasteiger partial charge in [0.2, 0.25) is 0 Å². The summed E-state index contributed by atoms with van der Waals surface area (Å²) in [7, 11) is 0. The summed E-state index contributed by atoms with van der Waals surface area (Å²) in [4.78, 5) is 3.92. The van der Waals surface area contributed by atoms with Gasteiger partial charge in [0.25, 0.3) is 0 Å². The molecular weight excluding hydrogens is 288 g/mol. The van der Waals surface area contributed by atoms with Gasteiger partial charge in [-0.25, -0.2) is 0 Å². The van der Waals surface area contributed by atoms with Crippen LogP contribution in [-0.2, 0) is 0 Å². The number of nitrogens with zero attached hydrogens (tertiary/aromatic N) is 1. The second kappa shape index (κ2) is 6.27. The fraction of sp³-hybridized carbons (Fsp3) is 0.375. The van der Waals surface area contributed by atoms with Crippen LogP contribution in [0.4, 0.5) is 0 Å². The molecule has 1 aromatic carbocycles. The maximum Gasteiger partial charge on any atom is 0.0714 e. The largest absolute Gasteiger partial charge is 0.314 e. The van der Waals surface area contributed by atoms with Crippen LogP contribution in [0.25, 0.3) is 0 Å². The number of aryl methyl sites for hydroxylation is 1. The lowest BCUT2D eigenvalue weighted by Gasteiger charge is -2.35. The Kier molecular flexibility index (Phi) is 4.41. The lowest BCUT2D eigenvalue weighted by molar-refractivity contribution is 0.200. The van der Waals surface area contributed by atoms with Gasteiger partial charge in [0.15, 0.2) is 0 Å². The van der Waals surface area contributed by atoms with Crippen molar-refractivity contribution in [3.8, 4) is 0 Å². The van der Waals surface area contributed by atoms with Crippen molar-refractivity contribution in [2.24, 2.45) is 0 Å². The van der Waals surface area contributed by atoms with Gasteiger partial charge >= 0.3 is 0 Å². The highest BCUT2D eigenvalue weighted by Gasteiger charge is 2.27. The van der Waals surface area contributed by atoms with E-state index in [1.165, 1.54) is 16.0 Å². The average Bonchev–Trinajstić information content (AvgIpc) is 2.98. The van der Waals surface area contributed by atoms with E-state index in [9.17, 15) is 0 Å². The van der Waals surface area contributed by atoms with Crippen LogP contribution in [0, 0.1) is 6.92 Å². The Morgan fingerprint density at radius 2 is 2.00 bits per heavy atom. The van der Waals surface area contributed by atoms with E-state index in [-0.39, 0.29) is 6.04 Å². The molecule has 1 atom stereocenters. The molecule has 2 aromatic rings. The third kappa shape index (κ3) is 2.77. The van der Waals surface area contributed by atoms with Crippen LogP contribution in [0.3, 0.4) is 0 Å². The highest BCUT2D eigenvalue weighted by molar-refractivity contribution is 7.10. The molecule has 106 valence electrons. The van der Waals surface area contributed by atoms with Crippen LogP contribution in [-0.4, -0.2) is 31.1 Å². The Balaban J connectivity index is 2.05. The molecule has 1 saturated heterocycles. The van der Waals surface area contributed by atoms with Crippen LogP contribution in [0.15, 0.2) is 35.7 Å².